The van der Waals surface area contributed by atoms with Gasteiger partial charge in [-0.2, -0.15) is 0 Å². The molecule has 1 amide bonds. The van der Waals surface area contributed by atoms with Crippen LogP contribution in [-0.2, 0) is 4.79 Å². The van der Waals surface area contributed by atoms with Gasteiger partial charge < -0.3 is 10.2 Å². The van der Waals surface area contributed by atoms with Crippen LogP contribution in [0.3, 0.4) is 0 Å². The van der Waals surface area contributed by atoms with Crippen LogP contribution in [0.5, 0.6) is 0 Å². The summed E-state index contributed by atoms with van der Waals surface area (Å²) >= 11 is 0. The molecule has 2 aliphatic heterocycles. The van der Waals surface area contributed by atoms with E-state index in [-0.39, 0.29) is 5.91 Å². The molecule has 1 saturated carbocycles. The zero-order chi connectivity index (χ0) is 13.9. The average molecular weight is 298 g/mol. The molecule has 0 bridgehead atoms. The predicted molar refractivity (Wildman–Crippen MR) is 83.4 cm³/mol. The first-order valence-electron chi connectivity index (χ1n) is 8.02. The minimum absolute atomic E-state index is 0.244. The lowest BCUT2D eigenvalue weighted by Gasteiger charge is -2.30. The minimum Gasteiger partial charge on any atom is -0.336 e. The van der Waals surface area contributed by atoms with Crippen molar-refractivity contribution < 1.29 is 4.79 Å². The van der Waals surface area contributed by atoms with Crippen LogP contribution in [0.25, 0.3) is 0 Å². The number of nitrogens with zero attached hydrogens (tertiary/aromatic N) is 1. The van der Waals surface area contributed by atoms with Crippen LogP contribution in [0.1, 0.15) is 38.5 Å². The molecule has 0 aromatic rings. The molecule has 5 atom stereocenters. The third kappa shape index (κ3) is 3.01. The Labute approximate surface area is 123 Å². The molecule has 1 aliphatic carbocycles. The Morgan fingerprint density at radius 2 is 1.85 bits per heavy atom. The van der Waals surface area contributed by atoms with Crippen LogP contribution < -0.4 is 16.0 Å². The summed E-state index contributed by atoms with van der Waals surface area (Å²) in [6.07, 6.45) is 8.57. The largest absolute Gasteiger partial charge is 0.336 e. The number of nitrogens with one attached hydrogen (secondary N) is 3. The molecule has 3 aliphatic rings. The predicted octanol–water partition coefficient (Wildman–Crippen LogP) is 0.230. The zero-order valence-corrected chi connectivity index (χ0v) is 13.3. The number of carbonyl (C=O) groups is 1. The minimum atomic E-state index is 0.244. The molecule has 0 aromatic carbocycles. The number of amides is 1. The van der Waals surface area contributed by atoms with E-state index in [1.165, 1.54) is 25.7 Å². The molecule has 0 spiro atoms. The van der Waals surface area contributed by atoms with Crippen LogP contribution in [0.4, 0.5) is 0 Å². The van der Waals surface area contributed by atoms with Crippen molar-refractivity contribution in [3.05, 3.63) is 0 Å². The van der Waals surface area contributed by atoms with Crippen LogP contribution in [0.15, 0.2) is 0 Å². The van der Waals surface area contributed by atoms with E-state index >= 15 is 0 Å². The maximum atomic E-state index is 12.3. The molecule has 6 heteroatoms. The van der Waals surface area contributed by atoms with E-state index in [9.17, 15) is 4.79 Å². The maximum absolute atomic E-state index is 12.3. The highest BCUT2D eigenvalue weighted by Gasteiger charge is 2.42. The maximum Gasteiger partial charge on any atom is 0.236 e. The van der Waals surface area contributed by atoms with Crippen LogP contribution >= 0.6 is 9.24 Å². The van der Waals surface area contributed by atoms with Crippen LogP contribution in [-0.4, -0.2) is 54.5 Å². The van der Waals surface area contributed by atoms with Gasteiger partial charge in [0.2, 0.25) is 5.91 Å². The average Bonchev–Trinajstić information content (AvgIpc) is 3.09. The van der Waals surface area contributed by atoms with Gasteiger partial charge in [0, 0.05) is 24.9 Å². The van der Waals surface area contributed by atoms with Gasteiger partial charge in [-0.15, -0.1) is 9.24 Å². The summed E-state index contributed by atoms with van der Waals surface area (Å²) in [7, 11) is 2.60. The molecule has 2 heterocycles. The summed E-state index contributed by atoms with van der Waals surface area (Å²) in [4.78, 5) is 14.4. The first kappa shape index (κ1) is 14.7. The van der Waals surface area contributed by atoms with Crippen molar-refractivity contribution in [2.24, 2.45) is 0 Å². The highest BCUT2D eigenvalue weighted by molar-refractivity contribution is 7.16. The van der Waals surface area contributed by atoms with Crippen molar-refractivity contribution in [1.29, 1.82) is 0 Å². The Bertz CT molecular complexity index is 340. The summed E-state index contributed by atoms with van der Waals surface area (Å²) in [5.74, 6) is 0.244. The molecule has 0 aromatic heterocycles. The highest BCUT2D eigenvalue weighted by Crippen LogP contribution is 2.27. The molecule has 3 N–H and O–H groups in total. The van der Waals surface area contributed by atoms with E-state index in [0.717, 1.165) is 25.7 Å². The summed E-state index contributed by atoms with van der Waals surface area (Å²) in [5, 5.41) is 10.6. The third-order valence-electron chi connectivity index (χ3n) is 4.98. The van der Waals surface area contributed by atoms with Crippen molar-refractivity contribution in [2.75, 3.05) is 19.4 Å². The number of fused-ring (bicyclic) bond motifs is 1. The Balaban J connectivity index is 1.59. The van der Waals surface area contributed by atoms with E-state index < -0.39 is 0 Å². The second kappa shape index (κ2) is 6.69. The Hall–Kier alpha value is -0.220. The second-order valence-corrected chi connectivity index (χ2v) is 6.64. The third-order valence-corrected chi connectivity index (χ3v) is 5.27. The van der Waals surface area contributed by atoms with Gasteiger partial charge in [0.25, 0.3) is 0 Å². The molecular formula is C14H27N4OP. The molecule has 20 heavy (non-hydrogen) atoms. The molecule has 0 radical (unpaired) electrons. The Morgan fingerprint density at radius 1 is 1.15 bits per heavy atom. The van der Waals surface area contributed by atoms with E-state index in [4.69, 9.17) is 0 Å². The van der Waals surface area contributed by atoms with Crippen molar-refractivity contribution in [1.82, 2.24) is 20.9 Å². The quantitative estimate of drug-likeness (QED) is 0.650. The highest BCUT2D eigenvalue weighted by atomic mass is 31.0. The SMILES string of the molecule is O=C(CNCP)N1CCC[C@H]1[C@H]1N[C@H]2CCCC[C@H]2N1. The molecular weight excluding hydrogens is 271 g/mol. The number of rotatable bonds is 4. The van der Waals surface area contributed by atoms with Crippen molar-refractivity contribution in [3.63, 3.8) is 0 Å². The summed E-state index contributed by atoms with van der Waals surface area (Å²) in [5.41, 5.74) is 0. The normalized spacial score (nSPS) is 37.1. The van der Waals surface area contributed by atoms with Gasteiger partial charge in [0.05, 0.1) is 18.8 Å². The molecule has 5 nitrogen and oxygen atoms in total. The van der Waals surface area contributed by atoms with Gasteiger partial charge in [0.1, 0.15) is 0 Å². The standard InChI is InChI=1S/C14H27N4OP/c19-13(8-15-9-20)18-7-3-6-12(18)14-16-10-4-1-2-5-11(10)17-14/h10-12,14-17H,1-9,20H2/t10-,11+,12-,14-/m0/s1. The van der Waals surface area contributed by atoms with Gasteiger partial charge >= 0.3 is 0 Å². The fourth-order valence-electron chi connectivity index (χ4n) is 3.99. The van der Waals surface area contributed by atoms with Crippen LogP contribution in [0, 0.1) is 0 Å². The number of likely N-dealkylation sites (tertiary alicyclic amines) is 1. The lowest BCUT2D eigenvalue weighted by molar-refractivity contribution is -0.131. The van der Waals surface area contributed by atoms with Crippen molar-refractivity contribution in [3.8, 4) is 0 Å². The van der Waals surface area contributed by atoms with Gasteiger partial charge in [0.15, 0.2) is 0 Å². The van der Waals surface area contributed by atoms with Crippen molar-refractivity contribution >= 4 is 15.1 Å². The monoisotopic (exact) mass is 298 g/mol. The second-order valence-electron chi connectivity index (χ2n) is 6.24. The zero-order valence-electron chi connectivity index (χ0n) is 12.1. The Morgan fingerprint density at radius 3 is 2.50 bits per heavy atom. The van der Waals surface area contributed by atoms with E-state index in [1.54, 1.807) is 0 Å². The van der Waals surface area contributed by atoms with Gasteiger partial charge in [-0.3, -0.25) is 15.4 Å². The number of hydrogen-bond acceptors (Lipinski definition) is 4. The van der Waals surface area contributed by atoms with Gasteiger partial charge in [-0.1, -0.05) is 12.8 Å². The van der Waals surface area contributed by atoms with E-state index in [0.29, 0.717) is 30.8 Å². The smallest absolute Gasteiger partial charge is 0.236 e. The lowest BCUT2D eigenvalue weighted by atomic mass is 9.92. The Kier molecular flexibility index (Phi) is 4.92. The number of hydrogen-bond donors (Lipinski definition) is 3. The summed E-state index contributed by atoms with van der Waals surface area (Å²) in [6, 6.07) is 1.58. The number of carbonyl (C=O) groups excluding carboxylic acids is 1. The topological polar surface area (TPSA) is 56.4 Å². The molecule has 114 valence electrons. The fourth-order valence-corrected chi connectivity index (χ4v) is 4.14. The first-order chi connectivity index (χ1) is 9.79. The van der Waals surface area contributed by atoms with Crippen LogP contribution in [0.2, 0.25) is 0 Å². The molecule has 2 saturated heterocycles. The van der Waals surface area contributed by atoms with Crippen molar-refractivity contribution in [2.45, 2.75) is 62.8 Å². The lowest BCUT2D eigenvalue weighted by Crippen LogP contribution is -2.53. The first-order valence-corrected chi connectivity index (χ1v) is 8.83. The van der Waals surface area contributed by atoms with Gasteiger partial charge in [-0.25, -0.2) is 0 Å². The van der Waals surface area contributed by atoms with E-state index in [2.05, 4.69) is 30.1 Å². The fraction of sp³-hybridized carbons (Fsp3) is 0.929. The summed E-state index contributed by atoms with van der Waals surface area (Å²) < 4.78 is 0. The summed E-state index contributed by atoms with van der Waals surface area (Å²) in [6.45, 7) is 1.37. The molecule has 3 fully saturated rings. The molecule has 1 unspecified atom stereocenters. The molecule has 3 rings (SSSR count). The van der Waals surface area contributed by atoms with E-state index in [1.807, 2.05) is 0 Å². The van der Waals surface area contributed by atoms with Gasteiger partial charge in [-0.05, 0) is 25.7 Å².